The summed E-state index contributed by atoms with van der Waals surface area (Å²) in [5, 5.41) is 11.7. The highest BCUT2D eigenvalue weighted by molar-refractivity contribution is 7.20. The Morgan fingerprint density at radius 2 is 2.25 bits per heavy atom. The largest absolute Gasteiger partial charge is 0.395 e. The van der Waals surface area contributed by atoms with Crippen LogP contribution in [-0.4, -0.2) is 22.6 Å². The van der Waals surface area contributed by atoms with Crippen molar-refractivity contribution in [1.82, 2.24) is 4.98 Å². The van der Waals surface area contributed by atoms with Crippen molar-refractivity contribution in [1.29, 1.82) is 0 Å². The van der Waals surface area contributed by atoms with Gasteiger partial charge in [0, 0.05) is 6.42 Å². The second kappa shape index (κ2) is 7.07. The number of aromatic nitrogens is 1. The van der Waals surface area contributed by atoms with Crippen LogP contribution in [0.2, 0.25) is 8.67 Å². The molecule has 2 N–H and O–H groups in total. The fraction of sp³-hybridized carbons (Fsp3) is 0.167. The lowest BCUT2D eigenvalue weighted by atomic mass is 10.3. The molecule has 0 radical (unpaired) electrons. The Balaban J connectivity index is 2.06. The quantitative estimate of drug-likeness (QED) is 0.836. The molecular weight excluding hydrogens is 339 g/mol. The summed E-state index contributed by atoms with van der Waals surface area (Å²) in [4.78, 5) is 16.7. The van der Waals surface area contributed by atoms with Crippen LogP contribution in [0.5, 0.6) is 0 Å². The highest BCUT2D eigenvalue weighted by Crippen LogP contribution is 2.31. The number of rotatable bonds is 3. The van der Waals surface area contributed by atoms with Crippen LogP contribution in [0.15, 0.2) is 12.3 Å². The highest BCUT2D eigenvalue weighted by Gasteiger charge is 2.15. The number of carbonyl (C=O) groups excluding carboxylic acids is 1. The van der Waals surface area contributed by atoms with E-state index in [2.05, 4.69) is 22.1 Å². The molecule has 0 aliphatic heterocycles. The molecule has 0 saturated carbocycles. The molecule has 0 fully saturated rings. The number of aliphatic hydroxyl groups excluding tert-OH is 1. The van der Waals surface area contributed by atoms with Crippen LogP contribution in [-0.2, 0) is 0 Å². The van der Waals surface area contributed by atoms with Crippen molar-refractivity contribution >= 4 is 56.9 Å². The number of nitrogens with zero attached hydrogens (tertiary/aromatic N) is 1. The van der Waals surface area contributed by atoms with Crippen LogP contribution in [0.25, 0.3) is 0 Å². The van der Waals surface area contributed by atoms with Gasteiger partial charge in [0.05, 0.1) is 27.6 Å². The third-order valence-electron chi connectivity index (χ3n) is 2.08. The Hall–Kier alpha value is -1.10. The minimum atomic E-state index is -0.359. The van der Waals surface area contributed by atoms with E-state index in [0.717, 1.165) is 11.3 Å². The summed E-state index contributed by atoms with van der Waals surface area (Å²) < 4.78 is 0.793. The van der Waals surface area contributed by atoms with E-state index in [9.17, 15) is 4.79 Å². The summed E-state index contributed by atoms with van der Waals surface area (Å²) in [6.07, 6.45) is 1.97. The number of anilines is 1. The Labute approximate surface area is 133 Å². The Kier molecular flexibility index (Phi) is 5.40. The van der Waals surface area contributed by atoms with Crippen molar-refractivity contribution in [3.8, 4) is 11.8 Å². The van der Waals surface area contributed by atoms with Crippen molar-refractivity contribution in [3.05, 3.63) is 31.4 Å². The number of halogens is 2. The van der Waals surface area contributed by atoms with Gasteiger partial charge in [0.2, 0.25) is 0 Å². The van der Waals surface area contributed by atoms with E-state index in [1.54, 1.807) is 6.20 Å². The van der Waals surface area contributed by atoms with Crippen LogP contribution in [0.3, 0.4) is 0 Å². The smallest absolute Gasteiger partial charge is 0.259 e. The molecule has 0 atom stereocenters. The number of aliphatic hydroxyl groups is 1. The van der Waals surface area contributed by atoms with E-state index < -0.39 is 0 Å². The van der Waals surface area contributed by atoms with Crippen LogP contribution in [0.4, 0.5) is 5.13 Å². The first-order valence-corrected chi connectivity index (χ1v) is 7.81. The van der Waals surface area contributed by atoms with Crippen molar-refractivity contribution in [2.75, 3.05) is 11.9 Å². The molecule has 2 rings (SSSR count). The van der Waals surface area contributed by atoms with Crippen molar-refractivity contribution in [3.63, 3.8) is 0 Å². The molecular formula is C12H8Cl2N2O2S2. The molecule has 4 nitrogen and oxygen atoms in total. The first-order valence-electron chi connectivity index (χ1n) is 5.42. The second-order valence-electron chi connectivity index (χ2n) is 3.50. The average Bonchev–Trinajstić information content (AvgIpc) is 2.96. The normalized spacial score (nSPS) is 9.95. The lowest BCUT2D eigenvalue weighted by molar-refractivity contribution is 0.102. The van der Waals surface area contributed by atoms with Crippen LogP contribution >= 0.6 is 45.9 Å². The Morgan fingerprint density at radius 1 is 1.45 bits per heavy atom. The zero-order valence-electron chi connectivity index (χ0n) is 9.94. The number of hydrogen-bond donors (Lipinski definition) is 2. The van der Waals surface area contributed by atoms with Gasteiger partial charge in [0.15, 0.2) is 5.13 Å². The topological polar surface area (TPSA) is 62.2 Å². The van der Waals surface area contributed by atoms with Gasteiger partial charge < -0.3 is 5.11 Å². The summed E-state index contributed by atoms with van der Waals surface area (Å²) >= 11 is 14.1. The number of thiazole rings is 1. The third kappa shape index (κ3) is 3.95. The van der Waals surface area contributed by atoms with Gasteiger partial charge in [0.25, 0.3) is 5.91 Å². The highest BCUT2D eigenvalue weighted by atomic mass is 35.5. The van der Waals surface area contributed by atoms with Crippen molar-refractivity contribution in [2.45, 2.75) is 6.42 Å². The summed E-state index contributed by atoms with van der Waals surface area (Å²) in [5.41, 5.74) is 0.324. The van der Waals surface area contributed by atoms with Crippen molar-refractivity contribution < 1.29 is 9.90 Å². The van der Waals surface area contributed by atoms with Crippen LogP contribution in [0.1, 0.15) is 21.7 Å². The maximum Gasteiger partial charge on any atom is 0.259 e. The summed E-state index contributed by atoms with van der Waals surface area (Å²) in [7, 11) is 0. The third-order valence-corrected chi connectivity index (χ3v) is 4.39. The van der Waals surface area contributed by atoms with Crippen LogP contribution < -0.4 is 5.32 Å². The molecule has 0 spiro atoms. The molecule has 0 saturated heterocycles. The van der Waals surface area contributed by atoms with E-state index in [4.69, 9.17) is 28.3 Å². The molecule has 0 aliphatic rings. The molecule has 20 heavy (non-hydrogen) atoms. The molecule has 0 aliphatic carbocycles. The molecule has 2 aromatic rings. The Morgan fingerprint density at radius 3 is 2.90 bits per heavy atom. The molecule has 0 aromatic carbocycles. The second-order valence-corrected chi connectivity index (χ2v) is 6.81. The van der Waals surface area contributed by atoms with Gasteiger partial charge in [-0.05, 0) is 6.07 Å². The van der Waals surface area contributed by atoms with E-state index in [0.29, 0.717) is 30.7 Å². The zero-order valence-corrected chi connectivity index (χ0v) is 13.1. The van der Waals surface area contributed by atoms with Gasteiger partial charge in [-0.1, -0.05) is 46.4 Å². The minimum Gasteiger partial charge on any atom is -0.395 e. The fourth-order valence-electron chi connectivity index (χ4n) is 1.25. The van der Waals surface area contributed by atoms with Gasteiger partial charge in [-0.3, -0.25) is 10.1 Å². The molecule has 8 heteroatoms. The van der Waals surface area contributed by atoms with E-state index in [1.807, 2.05) is 0 Å². The number of nitrogens with one attached hydrogen (secondary N) is 1. The van der Waals surface area contributed by atoms with Crippen LogP contribution in [0, 0.1) is 11.8 Å². The summed E-state index contributed by atoms with van der Waals surface area (Å²) in [6.45, 7) is 0.0206. The van der Waals surface area contributed by atoms with Gasteiger partial charge in [-0.2, -0.15) is 0 Å². The summed E-state index contributed by atoms with van der Waals surface area (Å²) in [5.74, 6) is 5.27. The van der Waals surface area contributed by atoms with E-state index >= 15 is 0 Å². The number of thiophene rings is 1. The van der Waals surface area contributed by atoms with Gasteiger partial charge >= 0.3 is 0 Å². The lowest BCUT2D eigenvalue weighted by Gasteiger charge is -1.98. The molecule has 0 bridgehead atoms. The van der Waals surface area contributed by atoms with Gasteiger partial charge in [-0.25, -0.2) is 4.98 Å². The zero-order chi connectivity index (χ0) is 14.5. The number of amides is 1. The first-order chi connectivity index (χ1) is 9.60. The molecule has 1 amide bonds. The Bertz CT molecular complexity index is 685. The maximum atomic E-state index is 12.0. The van der Waals surface area contributed by atoms with E-state index in [1.165, 1.54) is 17.4 Å². The minimum absolute atomic E-state index is 0.0206. The predicted molar refractivity (Wildman–Crippen MR) is 83.0 cm³/mol. The molecule has 2 heterocycles. The average molecular weight is 347 g/mol. The fourth-order valence-corrected chi connectivity index (χ4v) is 3.40. The summed E-state index contributed by atoms with van der Waals surface area (Å²) in [6, 6.07) is 1.51. The molecule has 104 valence electrons. The van der Waals surface area contributed by atoms with Crippen molar-refractivity contribution in [2.24, 2.45) is 0 Å². The van der Waals surface area contributed by atoms with Gasteiger partial charge in [0.1, 0.15) is 4.34 Å². The maximum absolute atomic E-state index is 12.0. The van der Waals surface area contributed by atoms with Gasteiger partial charge in [-0.15, -0.1) is 11.3 Å². The number of carbonyl (C=O) groups is 1. The monoisotopic (exact) mass is 346 g/mol. The molecule has 0 unspecified atom stereocenters. The number of hydrogen-bond acceptors (Lipinski definition) is 5. The predicted octanol–water partition coefficient (Wildman–Crippen LogP) is 3.50. The van der Waals surface area contributed by atoms with E-state index in [-0.39, 0.29) is 12.5 Å². The standard InChI is InChI=1S/C12H8Cl2N2O2S2/c13-9-5-8(10(14)20-9)11(18)16-12-15-6-7(19-12)3-1-2-4-17/h5-6,17H,2,4H2,(H,15,16,18). The SMILES string of the molecule is O=C(Nc1ncc(C#CCCO)s1)c1cc(Cl)sc1Cl. The molecule has 2 aromatic heterocycles. The first kappa shape index (κ1) is 15.3. The lowest BCUT2D eigenvalue weighted by Crippen LogP contribution is -2.10.